The number of ether oxygens (including phenoxy) is 1. The second kappa shape index (κ2) is 5.94. The van der Waals surface area contributed by atoms with Gasteiger partial charge in [-0.15, -0.1) is 0 Å². The minimum Gasteiger partial charge on any atom is -0.497 e. The maximum atomic E-state index is 12.7. The quantitative estimate of drug-likeness (QED) is 0.589. The van der Waals surface area contributed by atoms with Gasteiger partial charge >= 0.3 is 0 Å². The summed E-state index contributed by atoms with van der Waals surface area (Å²) < 4.78 is 5.27. The Balaban J connectivity index is 1.73. The number of nitrogens with one attached hydrogen (secondary N) is 1. The third kappa shape index (κ3) is 2.59. The van der Waals surface area contributed by atoms with Gasteiger partial charge in [-0.2, -0.15) is 0 Å². The summed E-state index contributed by atoms with van der Waals surface area (Å²) in [5, 5.41) is 0.949. The van der Waals surface area contributed by atoms with Crippen LogP contribution in [-0.4, -0.2) is 23.9 Å². The maximum Gasteiger partial charge on any atom is 0.261 e. The van der Waals surface area contributed by atoms with E-state index >= 15 is 0 Å². The normalized spacial score (nSPS) is 16.2. The molecule has 0 bridgehead atoms. The van der Waals surface area contributed by atoms with E-state index in [0.29, 0.717) is 11.3 Å². The lowest BCUT2D eigenvalue weighted by Crippen LogP contribution is -2.28. The molecule has 124 valence electrons. The lowest BCUT2D eigenvalue weighted by atomic mass is 10.1. The van der Waals surface area contributed by atoms with Crippen LogP contribution in [0, 0.1) is 0 Å². The molecule has 1 aliphatic rings. The number of aromatic nitrogens is 1. The minimum atomic E-state index is -0.270. The topological polar surface area (TPSA) is 62.4 Å². The number of fused-ring (bicyclic) bond motifs is 1. The first kappa shape index (κ1) is 15.2. The summed E-state index contributed by atoms with van der Waals surface area (Å²) in [6.45, 7) is 0. The molecule has 0 atom stereocenters. The molecule has 2 amide bonds. The van der Waals surface area contributed by atoms with Gasteiger partial charge in [0.2, 0.25) is 5.91 Å². The van der Waals surface area contributed by atoms with Crippen LogP contribution < -0.4 is 9.64 Å². The van der Waals surface area contributed by atoms with E-state index in [1.54, 1.807) is 25.3 Å². The number of anilines is 1. The number of carbonyl (C=O) groups excluding carboxylic acids is 2. The molecule has 1 saturated heterocycles. The summed E-state index contributed by atoms with van der Waals surface area (Å²) in [5.41, 5.74) is 2.89. The highest BCUT2D eigenvalue weighted by Crippen LogP contribution is 2.30. The van der Waals surface area contributed by atoms with Crippen LogP contribution >= 0.6 is 0 Å². The number of amides is 2. The van der Waals surface area contributed by atoms with Crippen molar-refractivity contribution in [2.75, 3.05) is 12.0 Å². The second-order valence-electron chi connectivity index (χ2n) is 5.87. The molecule has 0 aliphatic carbocycles. The van der Waals surface area contributed by atoms with Crippen LogP contribution in [0.1, 0.15) is 12.0 Å². The van der Waals surface area contributed by atoms with E-state index in [1.165, 1.54) is 4.90 Å². The molecule has 5 heteroatoms. The number of hydrogen-bond donors (Lipinski definition) is 1. The van der Waals surface area contributed by atoms with Gasteiger partial charge in [0.15, 0.2) is 0 Å². The first-order valence-corrected chi connectivity index (χ1v) is 7.95. The molecule has 0 unspecified atom stereocenters. The number of methoxy groups -OCH3 is 1. The van der Waals surface area contributed by atoms with Crippen molar-refractivity contribution in [1.29, 1.82) is 0 Å². The van der Waals surface area contributed by atoms with Crippen LogP contribution in [0.25, 0.3) is 17.0 Å². The summed E-state index contributed by atoms with van der Waals surface area (Å²) in [5.74, 6) is 0.264. The first-order chi connectivity index (χ1) is 12.2. The maximum absolute atomic E-state index is 12.7. The van der Waals surface area contributed by atoms with Crippen molar-refractivity contribution >= 4 is 34.5 Å². The van der Waals surface area contributed by atoms with Gasteiger partial charge in [0, 0.05) is 28.2 Å². The highest BCUT2D eigenvalue weighted by molar-refractivity contribution is 6.29. The number of carbonyl (C=O) groups is 2. The lowest BCUT2D eigenvalue weighted by molar-refractivity contribution is -0.120. The fraction of sp³-hybridized carbons (Fsp3) is 0.100. The van der Waals surface area contributed by atoms with Gasteiger partial charge in [0.25, 0.3) is 5.91 Å². The standard InChI is InChI=1S/C20H16N2O3/c1-25-16-7-8-18-17(11-16)14(12-21-18)9-13-10-19(23)22(20(13)24)15-5-3-2-4-6-15/h2-9,11-12,21H,10H2,1H3/b13-9-. The molecule has 2 heterocycles. The first-order valence-electron chi connectivity index (χ1n) is 7.95. The smallest absolute Gasteiger partial charge is 0.261 e. The number of H-pyrrole nitrogens is 1. The zero-order valence-electron chi connectivity index (χ0n) is 13.7. The van der Waals surface area contributed by atoms with Gasteiger partial charge in [-0.1, -0.05) is 18.2 Å². The number of aromatic amines is 1. The summed E-state index contributed by atoms with van der Waals surface area (Å²) in [6, 6.07) is 14.7. The molecular weight excluding hydrogens is 316 g/mol. The van der Waals surface area contributed by atoms with Crippen molar-refractivity contribution < 1.29 is 14.3 Å². The average Bonchev–Trinajstić information content (AvgIpc) is 3.16. The Labute approximate surface area is 144 Å². The molecule has 25 heavy (non-hydrogen) atoms. The molecule has 0 radical (unpaired) electrons. The van der Waals surface area contributed by atoms with Gasteiger partial charge in [-0.25, -0.2) is 4.90 Å². The number of benzene rings is 2. The summed E-state index contributed by atoms with van der Waals surface area (Å²) in [4.78, 5) is 29.4. The van der Waals surface area contributed by atoms with Crippen molar-refractivity contribution in [1.82, 2.24) is 4.98 Å². The van der Waals surface area contributed by atoms with Gasteiger partial charge in [0.1, 0.15) is 5.75 Å². The molecule has 0 spiro atoms. The van der Waals surface area contributed by atoms with E-state index in [4.69, 9.17) is 4.74 Å². The Morgan fingerprint density at radius 1 is 1.12 bits per heavy atom. The van der Waals surface area contributed by atoms with E-state index < -0.39 is 0 Å². The highest BCUT2D eigenvalue weighted by atomic mass is 16.5. The molecule has 2 aromatic carbocycles. The molecule has 3 aromatic rings. The Morgan fingerprint density at radius 3 is 2.68 bits per heavy atom. The van der Waals surface area contributed by atoms with Gasteiger partial charge < -0.3 is 9.72 Å². The Bertz CT molecular complexity index is 1000. The Kier molecular flexibility index (Phi) is 3.61. The summed E-state index contributed by atoms with van der Waals surface area (Å²) in [7, 11) is 1.61. The average molecular weight is 332 g/mol. The molecule has 1 N–H and O–H groups in total. The predicted molar refractivity (Wildman–Crippen MR) is 96.4 cm³/mol. The molecule has 4 rings (SSSR count). The summed E-state index contributed by atoms with van der Waals surface area (Å²) >= 11 is 0. The Hall–Kier alpha value is -3.34. The molecule has 1 aliphatic heterocycles. The van der Waals surface area contributed by atoms with Crippen molar-refractivity contribution in [3.05, 3.63) is 65.9 Å². The van der Waals surface area contributed by atoms with E-state index in [9.17, 15) is 9.59 Å². The van der Waals surface area contributed by atoms with E-state index in [1.807, 2.05) is 42.6 Å². The lowest BCUT2D eigenvalue weighted by Gasteiger charge is -2.12. The van der Waals surface area contributed by atoms with Gasteiger partial charge in [0.05, 0.1) is 19.2 Å². The number of para-hydroxylation sites is 1. The monoisotopic (exact) mass is 332 g/mol. The minimum absolute atomic E-state index is 0.102. The number of nitrogens with zero attached hydrogens (tertiary/aromatic N) is 1. The van der Waals surface area contributed by atoms with Gasteiger partial charge in [-0.3, -0.25) is 9.59 Å². The number of hydrogen-bond acceptors (Lipinski definition) is 3. The van der Waals surface area contributed by atoms with Crippen molar-refractivity contribution in [3.63, 3.8) is 0 Å². The van der Waals surface area contributed by atoms with E-state index in [2.05, 4.69) is 4.98 Å². The highest BCUT2D eigenvalue weighted by Gasteiger charge is 2.34. The van der Waals surface area contributed by atoms with Crippen molar-refractivity contribution in [2.45, 2.75) is 6.42 Å². The molecule has 1 fully saturated rings. The van der Waals surface area contributed by atoms with Crippen LogP contribution in [-0.2, 0) is 9.59 Å². The number of rotatable bonds is 3. The number of imide groups is 1. The van der Waals surface area contributed by atoms with E-state index in [-0.39, 0.29) is 18.2 Å². The zero-order chi connectivity index (χ0) is 17.4. The Morgan fingerprint density at radius 2 is 1.92 bits per heavy atom. The van der Waals surface area contributed by atoms with Crippen molar-refractivity contribution in [3.8, 4) is 5.75 Å². The molecular formula is C20H16N2O3. The summed E-state index contributed by atoms with van der Waals surface area (Å²) in [6.07, 6.45) is 3.71. The van der Waals surface area contributed by atoms with Crippen LogP contribution in [0.4, 0.5) is 5.69 Å². The van der Waals surface area contributed by atoms with Gasteiger partial charge in [-0.05, 0) is 36.4 Å². The fourth-order valence-electron chi connectivity index (χ4n) is 3.08. The van der Waals surface area contributed by atoms with Crippen LogP contribution in [0.3, 0.4) is 0 Å². The van der Waals surface area contributed by atoms with Crippen LogP contribution in [0.5, 0.6) is 5.75 Å². The predicted octanol–water partition coefficient (Wildman–Crippen LogP) is 3.52. The van der Waals surface area contributed by atoms with E-state index in [0.717, 1.165) is 22.2 Å². The SMILES string of the molecule is COc1ccc2[nH]cc(/C=C3/CC(=O)N(c4ccccc4)C3=O)c2c1. The third-order valence-electron chi connectivity index (χ3n) is 4.33. The molecule has 1 aromatic heterocycles. The van der Waals surface area contributed by atoms with Crippen LogP contribution in [0.2, 0.25) is 0 Å². The largest absolute Gasteiger partial charge is 0.497 e. The zero-order valence-corrected chi connectivity index (χ0v) is 13.7. The molecule has 5 nitrogen and oxygen atoms in total. The molecule has 0 saturated carbocycles. The van der Waals surface area contributed by atoms with Crippen LogP contribution in [0.15, 0.2) is 60.3 Å². The second-order valence-corrected chi connectivity index (χ2v) is 5.87. The van der Waals surface area contributed by atoms with Crippen molar-refractivity contribution in [2.24, 2.45) is 0 Å². The fourth-order valence-corrected chi connectivity index (χ4v) is 3.08. The third-order valence-corrected chi connectivity index (χ3v) is 4.33.